The van der Waals surface area contributed by atoms with Crippen LogP contribution in [0.4, 0.5) is 0 Å². The number of ketones is 1. The van der Waals surface area contributed by atoms with Gasteiger partial charge in [0, 0.05) is 6.42 Å². The number of thiocarbonyl (C=S) groups is 1. The molecule has 16 heavy (non-hydrogen) atoms. The van der Waals surface area contributed by atoms with Crippen LogP contribution in [0.3, 0.4) is 0 Å². The van der Waals surface area contributed by atoms with Crippen LogP contribution in [0.25, 0.3) is 0 Å². The average molecular weight is 258 g/mol. The fourth-order valence-corrected chi connectivity index (χ4v) is 3.49. The highest BCUT2D eigenvalue weighted by Gasteiger charge is 2.37. The van der Waals surface area contributed by atoms with Crippen molar-refractivity contribution in [2.75, 3.05) is 0 Å². The molecule has 0 unspecified atom stereocenters. The van der Waals surface area contributed by atoms with Gasteiger partial charge >= 0.3 is 11.9 Å². The van der Waals surface area contributed by atoms with Gasteiger partial charge in [0.25, 0.3) is 0 Å². The summed E-state index contributed by atoms with van der Waals surface area (Å²) >= 11 is 6.28. The van der Waals surface area contributed by atoms with E-state index in [0.29, 0.717) is 10.6 Å². The zero-order chi connectivity index (χ0) is 11.7. The van der Waals surface area contributed by atoms with E-state index in [1.165, 1.54) is 0 Å². The monoisotopic (exact) mass is 258 g/mol. The van der Waals surface area contributed by atoms with Crippen molar-refractivity contribution in [2.45, 2.75) is 30.9 Å². The van der Waals surface area contributed by atoms with Crippen molar-refractivity contribution in [3.63, 3.8) is 0 Å². The summed E-state index contributed by atoms with van der Waals surface area (Å²) in [5.41, 5.74) is 0. The van der Waals surface area contributed by atoms with Crippen LogP contribution in [-0.2, 0) is 19.1 Å². The standard InChI is InChI=1S/C10H10O4S2/c11-6-3-1-2-5(6)10(15)16-7-4-8(12)14-9(7)13/h5,7H,1-4H2/t5-,7+/m0/s1. The first-order valence-electron chi connectivity index (χ1n) is 5.05. The molecule has 0 aromatic heterocycles. The summed E-state index contributed by atoms with van der Waals surface area (Å²) in [5, 5.41) is -0.548. The molecular weight excluding hydrogens is 248 g/mol. The average Bonchev–Trinajstić information content (AvgIpc) is 2.74. The van der Waals surface area contributed by atoms with Crippen LogP contribution in [0.15, 0.2) is 0 Å². The third-order valence-corrected chi connectivity index (χ3v) is 4.41. The Morgan fingerprint density at radius 2 is 2.12 bits per heavy atom. The van der Waals surface area contributed by atoms with Crippen LogP contribution in [0.5, 0.6) is 0 Å². The molecule has 1 heterocycles. The number of carbonyl (C=O) groups excluding carboxylic acids is 3. The Kier molecular flexibility index (Phi) is 3.39. The van der Waals surface area contributed by atoms with Gasteiger partial charge in [0.05, 0.1) is 16.5 Å². The van der Waals surface area contributed by atoms with E-state index in [0.717, 1.165) is 24.6 Å². The summed E-state index contributed by atoms with van der Waals surface area (Å²) in [6.07, 6.45) is 2.25. The molecule has 2 aliphatic rings. The summed E-state index contributed by atoms with van der Waals surface area (Å²) in [6, 6.07) is 0. The number of hydrogen-bond donors (Lipinski definition) is 0. The van der Waals surface area contributed by atoms with Crippen LogP contribution in [0.2, 0.25) is 0 Å². The first-order chi connectivity index (χ1) is 7.58. The van der Waals surface area contributed by atoms with E-state index in [9.17, 15) is 14.4 Å². The number of thioether (sulfide) groups is 1. The molecule has 86 valence electrons. The van der Waals surface area contributed by atoms with E-state index in [2.05, 4.69) is 4.74 Å². The second-order valence-corrected chi connectivity index (χ2v) is 5.78. The molecular formula is C10H10O4S2. The van der Waals surface area contributed by atoms with Gasteiger partial charge < -0.3 is 4.74 Å². The molecule has 2 atom stereocenters. The maximum absolute atomic E-state index is 11.5. The molecule has 0 aromatic carbocycles. The summed E-state index contributed by atoms with van der Waals surface area (Å²) < 4.78 is 4.95. The first kappa shape index (κ1) is 11.7. The minimum Gasteiger partial charge on any atom is -0.392 e. The van der Waals surface area contributed by atoms with Gasteiger partial charge in [0.1, 0.15) is 11.0 Å². The Bertz CT molecular complexity index is 377. The minimum atomic E-state index is -0.548. The van der Waals surface area contributed by atoms with Crippen molar-refractivity contribution in [1.29, 1.82) is 0 Å². The van der Waals surface area contributed by atoms with Gasteiger partial charge in [0.15, 0.2) is 0 Å². The van der Waals surface area contributed by atoms with Crippen molar-refractivity contribution < 1.29 is 19.1 Å². The summed E-state index contributed by atoms with van der Waals surface area (Å²) in [4.78, 5) is 33.5. The number of Topliss-reactive ketones (excluding diaryl/α,β-unsaturated/α-hetero) is 1. The lowest BCUT2D eigenvalue weighted by molar-refractivity contribution is -0.151. The molecule has 1 saturated heterocycles. The topological polar surface area (TPSA) is 60.4 Å². The van der Waals surface area contributed by atoms with Gasteiger partial charge in [-0.3, -0.25) is 14.4 Å². The molecule has 0 amide bonds. The molecule has 6 heteroatoms. The zero-order valence-electron chi connectivity index (χ0n) is 8.43. The van der Waals surface area contributed by atoms with Crippen molar-refractivity contribution >= 4 is 45.9 Å². The summed E-state index contributed by atoms with van der Waals surface area (Å²) in [5.74, 6) is -1.12. The highest BCUT2D eigenvalue weighted by atomic mass is 32.2. The highest BCUT2D eigenvalue weighted by molar-refractivity contribution is 8.24. The smallest absolute Gasteiger partial charge is 0.327 e. The van der Waals surface area contributed by atoms with Crippen molar-refractivity contribution in [1.82, 2.24) is 0 Å². The van der Waals surface area contributed by atoms with E-state index in [1.807, 2.05) is 0 Å². The van der Waals surface area contributed by atoms with Gasteiger partial charge in [-0.1, -0.05) is 12.2 Å². The van der Waals surface area contributed by atoms with E-state index in [-0.39, 0.29) is 18.1 Å². The van der Waals surface area contributed by atoms with Gasteiger partial charge in [-0.15, -0.1) is 11.8 Å². The van der Waals surface area contributed by atoms with Crippen LogP contribution in [-0.4, -0.2) is 27.2 Å². The second-order valence-electron chi connectivity index (χ2n) is 3.83. The Balaban J connectivity index is 1.94. The Labute approximate surface area is 102 Å². The van der Waals surface area contributed by atoms with Crippen LogP contribution >= 0.6 is 24.0 Å². The number of cyclic esters (lactones) is 2. The quantitative estimate of drug-likeness (QED) is 0.422. The lowest BCUT2D eigenvalue weighted by Crippen LogP contribution is -2.19. The third-order valence-electron chi connectivity index (χ3n) is 2.68. The first-order valence-corrected chi connectivity index (χ1v) is 6.34. The maximum Gasteiger partial charge on any atom is 0.327 e. The lowest BCUT2D eigenvalue weighted by atomic mass is 10.1. The number of ether oxygens (including phenoxy) is 1. The van der Waals surface area contributed by atoms with Gasteiger partial charge in [-0.2, -0.15) is 0 Å². The Morgan fingerprint density at radius 3 is 2.62 bits per heavy atom. The lowest BCUT2D eigenvalue weighted by Gasteiger charge is -2.10. The van der Waals surface area contributed by atoms with E-state index >= 15 is 0 Å². The predicted molar refractivity (Wildman–Crippen MR) is 62.0 cm³/mol. The fraction of sp³-hybridized carbons (Fsp3) is 0.600. The van der Waals surface area contributed by atoms with Gasteiger partial charge in [0.2, 0.25) is 0 Å². The molecule has 2 fully saturated rings. The number of hydrogen-bond acceptors (Lipinski definition) is 6. The zero-order valence-corrected chi connectivity index (χ0v) is 10.1. The van der Waals surface area contributed by atoms with Gasteiger partial charge in [-0.25, -0.2) is 0 Å². The van der Waals surface area contributed by atoms with Crippen molar-refractivity contribution in [3.8, 4) is 0 Å². The molecule has 4 nitrogen and oxygen atoms in total. The minimum absolute atomic E-state index is 0.0601. The van der Waals surface area contributed by atoms with Crippen LogP contribution < -0.4 is 0 Å². The maximum atomic E-state index is 11.5. The second kappa shape index (κ2) is 4.63. The third kappa shape index (κ3) is 2.32. The highest BCUT2D eigenvalue weighted by Crippen LogP contribution is 2.32. The molecule has 0 radical (unpaired) electrons. The van der Waals surface area contributed by atoms with E-state index in [4.69, 9.17) is 12.2 Å². The summed E-state index contributed by atoms with van der Waals surface area (Å²) in [6.45, 7) is 0. The molecule has 0 aromatic rings. The van der Waals surface area contributed by atoms with E-state index in [1.54, 1.807) is 0 Å². The SMILES string of the molecule is O=C1C[C@@H](SC(=S)[C@H]2CCCC2=O)C(=O)O1. The molecule has 0 bridgehead atoms. The predicted octanol–water partition coefficient (Wildman–Crippen LogP) is 1.26. The number of rotatable bonds is 2. The molecule has 1 saturated carbocycles. The Morgan fingerprint density at radius 1 is 1.38 bits per heavy atom. The molecule has 1 aliphatic carbocycles. The Hall–Kier alpha value is -0.750. The molecule has 0 N–H and O–H groups in total. The normalized spacial score (nSPS) is 29.6. The van der Waals surface area contributed by atoms with Crippen molar-refractivity contribution in [3.05, 3.63) is 0 Å². The van der Waals surface area contributed by atoms with E-state index < -0.39 is 17.2 Å². The molecule has 2 rings (SSSR count). The molecule has 0 spiro atoms. The number of carbonyl (C=O) groups is 3. The largest absolute Gasteiger partial charge is 0.392 e. The van der Waals surface area contributed by atoms with Crippen molar-refractivity contribution in [2.24, 2.45) is 5.92 Å². The van der Waals surface area contributed by atoms with Crippen LogP contribution in [0.1, 0.15) is 25.7 Å². The molecule has 1 aliphatic heterocycles. The van der Waals surface area contributed by atoms with Gasteiger partial charge in [-0.05, 0) is 12.8 Å². The number of esters is 2. The summed E-state index contributed by atoms with van der Waals surface area (Å²) in [7, 11) is 0. The fourth-order valence-electron chi connectivity index (χ4n) is 1.83. The van der Waals surface area contributed by atoms with Crippen LogP contribution in [0, 0.1) is 5.92 Å².